The Morgan fingerprint density at radius 1 is 1.21 bits per heavy atom. The number of thiazole rings is 1. The molecule has 1 aromatic carbocycles. The first-order chi connectivity index (χ1) is 13.5. The van der Waals surface area contributed by atoms with E-state index in [1.165, 1.54) is 11.3 Å². The third-order valence-electron chi connectivity index (χ3n) is 4.58. The highest BCUT2D eigenvalue weighted by atomic mass is 32.1. The zero-order chi connectivity index (χ0) is 19.7. The van der Waals surface area contributed by atoms with Crippen LogP contribution in [0.15, 0.2) is 42.6 Å². The number of amides is 2. The lowest BCUT2D eigenvalue weighted by Crippen LogP contribution is -2.35. The van der Waals surface area contributed by atoms with Crippen molar-refractivity contribution in [2.75, 3.05) is 17.6 Å². The molecule has 0 fully saturated rings. The van der Waals surface area contributed by atoms with Crippen LogP contribution in [0.3, 0.4) is 0 Å². The highest BCUT2D eigenvalue weighted by molar-refractivity contribution is 7.13. The second-order valence-electron chi connectivity index (χ2n) is 6.60. The molecule has 3 heterocycles. The van der Waals surface area contributed by atoms with Gasteiger partial charge in [-0.2, -0.15) is 0 Å². The summed E-state index contributed by atoms with van der Waals surface area (Å²) >= 11 is 1.31. The fraction of sp³-hybridized carbons (Fsp3) is 0.200. The molecule has 7 nitrogen and oxygen atoms in total. The number of hydrogen-bond acceptors (Lipinski definition) is 6. The van der Waals surface area contributed by atoms with E-state index in [9.17, 15) is 9.59 Å². The predicted octanol–water partition coefficient (Wildman–Crippen LogP) is 2.88. The van der Waals surface area contributed by atoms with E-state index in [2.05, 4.69) is 15.3 Å². The molecule has 4 rings (SSSR count). The number of aryl methyl sites for hydroxylation is 1. The number of anilines is 2. The van der Waals surface area contributed by atoms with E-state index in [-0.39, 0.29) is 11.8 Å². The summed E-state index contributed by atoms with van der Waals surface area (Å²) in [5, 5.41) is 3.17. The number of para-hydroxylation sites is 2. The van der Waals surface area contributed by atoms with Gasteiger partial charge < -0.3 is 16.0 Å². The van der Waals surface area contributed by atoms with E-state index in [1.54, 1.807) is 29.3 Å². The summed E-state index contributed by atoms with van der Waals surface area (Å²) in [5.41, 5.74) is 9.25. The number of nitrogens with one attached hydrogen (secondary N) is 1. The molecule has 2 aromatic heterocycles. The van der Waals surface area contributed by atoms with Gasteiger partial charge in [-0.25, -0.2) is 4.98 Å². The molecule has 3 aromatic rings. The first kappa shape index (κ1) is 18.1. The second-order valence-corrected chi connectivity index (χ2v) is 7.68. The first-order valence-electron chi connectivity index (χ1n) is 8.87. The van der Waals surface area contributed by atoms with Crippen LogP contribution in [0.2, 0.25) is 0 Å². The maximum absolute atomic E-state index is 12.7. The minimum atomic E-state index is -0.294. The van der Waals surface area contributed by atoms with E-state index in [0.29, 0.717) is 41.5 Å². The van der Waals surface area contributed by atoms with Gasteiger partial charge in [0, 0.05) is 29.7 Å². The van der Waals surface area contributed by atoms with Crippen molar-refractivity contribution in [2.24, 2.45) is 0 Å². The number of fused-ring (bicyclic) bond motifs is 1. The van der Waals surface area contributed by atoms with Crippen molar-refractivity contribution < 1.29 is 9.59 Å². The summed E-state index contributed by atoms with van der Waals surface area (Å²) < 4.78 is 0. The molecular weight excluding hydrogens is 374 g/mol. The van der Waals surface area contributed by atoms with Crippen molar-refractivity contribution in [2.45, 2.75) is 19.9 Å². The topological polar surface area (TPSA) is 101 Å². The molecule has 0 atom stereocenters. The van der Waals surface area contributed by atoms with Crippen LogP contribution in [0.25, 0.3) is 0 Å². The molecule has 0 aliphatic carbocycles. The van der Waals surface area contributed by atoms with Gasteiger partial charge in [-0.05, 0) is 31.2 Å². The molecule has 8 heteroatoms. The van der Waals surface area contributed by atoms with Gasteiger partial charge in [-0.15, -0.1) is 11.3 Å². The van der Waals surface area contributed by atoms with Gasteiger partial charge in [0.1, 0.15) is 0 Å². The largest absolute Gasteiger partial charge is 0.397 e. The average molecular weight is 393 g/mol. The molecule has 1 aliphatic heterocycles. The van der Waals surface area contributed by atoms with Gasteiger partial charge >= 0.3 is 0 Å². The van der Waals surface area contributed by atoms with Crippen LogP contribution >= 0.6 is 11.3 Å². The summed E-state index contributed by atoms with van der Waals surface area (Å²) in [4.78, 5) is 36.6. The molecule has 0 bridgehead atoms. The second kappa shape index (κ2) is 7.40. The maximum Gasteiger partial charge on any atom is 0.284 e. The highest BCUT2D eigenvalue weighted by Crippen LogP contribution is 2.27. The quantitative estimate of drug-likeness (QED) is 0.666. The fourth-order valence-electron chi connectivity index (χ4n) is 3.03. The minimum Gasteiger partial charge on any atom is -0.397 e. The SMILES string of the molecule is Cc1ccc(C(=O)N2CCc3nc(C(=O)Nc4ccccc4N)sc3C2)cn1. The van der Waals surface area contributed by atoms with Crippen LogP contribution in [0.4, 0.5) is 11.4 Å². The number of benzene rings is 1. The maximum atomic E-state index is 12.7. The third kappa shape index (κ3) is 3.59. The number of rotatable bonds is 3. The molecule has 2 amide bonds. The molecule has 0 saturated carbocycles. The molecular formula is C20H19N5O2S. The Bertz CT molecular complexity index is 1050. The van der Waals surface area contributed by atoms with Gasteiger partial charge in [0.2, 0.25) is 0 Å². The number of aromatic nitrogens is 2. The standard InChI is InChI=1S/C20H19N5O2S/c1-12-6-7-13(10-22-12)20(27)25-9-8-16-17(11-25)28-19(24-16)18(26)23-15-5-3-2-4-14(15)21/h2-7,10H,8-9,11,21H2,1H3,(H,23,26). The lowest BCUT2D eigenvalue weighted by atomic mass is 10.1. The van der Waals surface area contributed by atoms with E-state index in [0.717, 1.165) is 16.3 Å². The van der Waals surface area contributed by atoms with Crippen LogP contribution in [-0.2, 0) is 13.0 Å². The Kier molecular flexibility index (Phi) is 4.79. The van der Waals surface area contributed by atoms with E-state index < -0.39 is 0 Å². The molecule has 0 unspecified atom stereocenters. The number of nitrogen functional groups attached to an aromatic ring is 1. The highest BCUT2D eigenvalue weighted by Gasteiger charge is 2.26. The smallest absolute Gasteiger partial charge is 0.284 e. The van der Waals surface area contributed by atoms with E-state index >= 15 is 0 Å². The zero-order valence-electron chi connectivity index (χ0n) is 15.3. The molecule has 3 N–H and O–H groups in total. The van der Waals surface area contributed by atoms with Gasteiger partial charge in [-0.3, -0.25) is 14.6 Å². The number of nitrogens with two attached hydrogens (primary N) is 1. The Labute approximate surface area is 166 Å². The Hall–Kier alpha value is -3.26. The average Bonchev–Trinajstić information content (AvgIpc) is 3.13. The van der Waals surface area contributed by atoms with Gasteiger partial charge in [0.15, 0.2) is 5.01 Å². The molecule has 28 heavy (non-hydrogen) atoms. The summed E-state index contributed by atoms with van der Waals surface area (Å²) in [5.74, 6) is -0.354. The Morgan fingerprint density at radius 3 is 2.79 bits per heavy atom. The monoisotopic (exact) mass is 393 g/mol. The predicted molar refractivity (Wildman–Crippen MR) is 108 cm³/mol. The van der Waals surface area contributed by atoms with E-state index in [1.807, 2.05) is 25.1 Å². The molecule has 0 saturated heterocycles. The summed E-state index contributed by atoms with van der Waals surface area (Å²) in [7, 11) is 0. The first-order valence-corrected chi connectivity index (χ1v) is 9.69. The van der Waals surface area contributed by atoms with Gasteiger partial charge in [-0.1, -0.05) is 12.1 Å². The third-order valence-corrected chi connectivity index (χ3v) is 5.66. The molecule has 142 valence electrons. The lowest BCUT2D eigenvalue weighted by Gasteiger charge is -2.26. The normalized spacial score (nSPS) is 13.1. The fourth-order valence-corrected chi connectivity index (χ4v) is 4.05. The number of nitrogens with zero attached hydrogens (tertiary/aromatic N) is 3. The van der Waals surface area contributed by atoms with E-state index in [4.69, 9.17) is 5.73 Å². The van der Waals surface area contributed by atoms with Crippen molar-refractivity contribution in [3.63, 3.8) is 0 Å². The van der Waals surface area contributed by atoms with Crippen molar-refractivity contribution in [1.29, 1.82) is 0 Å². The van der Waals surface area contributed by atoms with Gasteiger partial charge in [0.25, 0.3) is 11.8 Å². The summed E-state index contributed by atoms with van der Waals surface area (Å²) in [6.45, 7) is 2.89. The molecule has 0 radical (unpaired) electrons. The van der Waals surface area contributed by atoms with Crippen LogP contribution in [0.1, 0.15) is 36.4 Å². The van der Waals surface area contributed by atoms with Crippen molar-refractivity contribution in [3.05, 3.63) is 69.4 Å². The summed E-state index contributed by atoms with van der Waals surface area (Å²) in [6.07, 6.45) is 2.22. The van der Waals surface area contributed by atoms with Crippen LogP contribution in [-0.4, -0.2) is 33.2 Å². The van der Waals surface area contributed by atoms with Crippen molar-refractivity contribution >= 4 is 34.5 Å². The van der Waals surface area contributed by atoms with Crippen LogP contribution < -0.4 is 11.1 Å². The van der Waals surface area contributed by atoms with Crippen molar-refractivity contribution in [1.82, 2.24) is 14.9 Å². The zero-order valence-corrected chi connectivity index (χ0v) is 16.1. The van der Waals surface area contributed by atoms with Gasteiger partial charge in [0.05, 0.1) is 29.2 Å². The van der Waals surface area contributed by atoms with Crippen LogP contribution in [0, 0.1) is 6.92 Å². The van der Waals surface area contributed by atoms with Crippen molar-refractivity contribution in [3.8, 4) is 0 Å². The Morgan fingerprint density at radius 2 is 2.04 bits per heavy atom. The lowest BCUT2D eigenvalue weighted by molar-refractivity contribution is 0.0735. The number of hydrogen-bond donors (Lipinski definition) is 2. The number of carbonyl (C=O) groups excluding carboxylic acids is 2. The minimum absolute atomic E-state index is 0.0605. The number of pyridine rings is 1. The molecule has 0 spiro atoms. The molecule has 1 aliphatic rings. The summed E-state index contributed by atoms with van der Waals surface area (Å²) in [6, 6.07) is 10.7. The van der Waals surface area contributed by atoms with Crippen LogP contribution in [0.5, 0.6) is 0 Å². The number of carbonyl (C=O) groups is 2. The Balaban J connectivity index is 1.49.